The summed E-state index contributed by atoms with van der Waals surface area (Å²) in [4.78, 5) is 12.2. The maximum atomic E-state index is 12.2. The number of carbonyl (C=O) groups excluding carboxylic acids is 1. The molecular formula is C22H18BrN3O2S. The first-order chi connectivity index (χ1) is 14.0. The summed E-state index contributed by atoms with van der Waals surface area (Å²) in [6, 6.07) is 22.0. The average molecular weight is 468 g/mol. The van der Waals surface area contributed by atoms with E-state index in [0.717, 1.165) is 16.8 Å². The molecular weight excluding hydrogens is 450 g/mol. The van der Waals surface area contributed by atoms with E-state index in [1.165, 1.54) is 0 Å². The molecule has 0 aliphatic heterocycles. The smallest absolute Gasteiger partial charge is 0.344 e. The van der Waals surface area contributed by atoms with E-state index < -0.39 is 5.97 Å². The van der Waals surface area contributed by atoms with Gasteiger partial charge in [-0.05, 0) is 94.7 Å². The van der Waals surface area contributed by atoms with Crippen molar-refractivity contribution in [2.24, 2.45) is 5.10 Å². The van der Waals surface area contributed by atoms with Gasteiger partial charge in [0.1, 0.15) is 5.75 Å². The van der Waals surface area contributed by atoms with Gasteiger partial charge in [-0.3, -0.25) is 5.43 Å². The van der Waals surface area contributed by atoms with Crippen LogP contribution in [0.4, 0.5) is 5.69 Å². The van der Waals surface area contributed by atoms with Crippen LogP contribution in [0.25, 0.3) is 0 Å². The first-order valence-corrected chi connectivity index (χ1v) is 9.95. The van der Waals surface area contributed by atoms with Crippen molar-refractivity contribution < 1.29 is 9.53 Å². The van der Waals surface area contributed by atoms with Crippen molar-refractivity contribution in [1.29, 1.82) is 0 Å². The van der Waals surface area contributed by atoms with Gasteiger partial charge in [0.2, 0.25) is 0 Å². The Bertz CT molecular complexity index is 1050. The average Bonchev–Trinajstić information content (AvgIpc) is 2.69. The molecule has 7 heteroatoms. The first kappa shape index (κ1) is 20.7. The highest BCUT2D eigenvalue weighted by molar-refractivity contribution is 9.10. The molecule has 146 valence electrons. The lowest BCUT2D eigenvalue weighted by atomic mass is 10.2. The number of nitrogens with one attached hydrogen (secondary N) is 2. The van der Waals surface area contributed by atoms with E-state index in [0.29, 0.717) is 20.9 Å². The summed E-state index contributed by atoms with van der Waals surface area (Å²) in [5.74, 6) is 0.0284. The zero-order valence-electron chi connectivity index (χ0n) is 15.6. The van der Waals surface area contributed by atoms with Crippen molar-refractivity contribution >= 4 is 51.1 Å². The highest BCUT2D eigenvalue weighted by Gasteiger charge is 2.11. The van der Waals surface area contributed by atoms with Crippen molar-refractivity contribution in [2.45, 2.75) is 6.92 Å². The molecule has 5 nitrogen and oxygen atoms in total. The molecule has 0 amide bonds. The van der Waals surface area contributed by atoms with Crippen LogP contribution in [-0.4, -0.2) is 17.3 Å². The topological polar surface area (TPSA) is 62.7 Å². The van der Waals surface area contributed by atoms with Gasteiger partial charge in [-0.2, -0.15) is 5.10 Å². The third kappa shape index (κ3) is 6.23. The predicted molar refractivity (Wildman–Crippen MR) is 124 cm³/mol. The number of carbonyl (C=O) groups is 1. The van der Waals surface area contributed by atoms with Gasteiger partial charge in [-0.25, -0.2) is 4.79 Å². The number of hydrogen-bond acceptors (Lipinski definition) is 4. The molecule has 2 N–H and O–H groups in total. The van der Waals surface area contributed by atoms with Gasteiger partial charge < -0.3 is 10.1 Å². The van der Waals surface area contributed by atoms with Crippen molar-refractivity contribution in [3.05, 3.63) is 94.0 Å². The highest BCUT2D eigenvalue weighted by Crippen LogP contribution is 2.19. The number of thiocarbonyl (C=S) groups is 1. The Labute approximate surface area is 182 Å². The number of benzene rings is 3. The Hall–Kier alpha value is -3.03. The lowest BCUT2D eigenvalue weighted by Crippen LogP contribution is -2.23. The van der Waals surface area contributed by atoms with Gasteiger partial charge in [-0.1, -0.05) is 24.3 Å². The second-order valence-electron chi connectivity index (χ2n) is 6.13. The molecule has 0 heterocycles. The zero-order valence-corrected chi connectivity index (χ0v) is 18.0. The molecule has 0 saturated heterocycles. The summed E-state index contributed by atoms with van der Waals surface area (Å²) in [7, 11) is 0. The van der Waals surface area contributed by atoms with Crippen molar-refractivity contribution in [1.82, 2.24) is 5.43 Å². The van der Waals surface area contributed by atoms with Gasteiger partial charge >= 0.3 is 5.97 Å². The Morgan fingerprint density at radius 3 is 2.55 bits per heavy atom. The number of rotatable bonds is 5. The summed E-state index contributed by atoms with van der Waals surface area (Å²) >= 11 is 8.57. The standard InChI is InChI=1S/C22H18BrN3O2S/c1-15-5-4-6-17(13-15)25-22(29)26-24-14-16-9-11-18(12-10-16)28-21(27)19-7-2-3-8-20(19)23/h2-14H,1H3,(H2,25,26,29)/b24-14+. The number of ether oxygens (including phenoxy) is 1. The van der Waals surface area contributed by atoms with E-state index in [-0.39, 0.29) is 0 Å². The highest BCUT2D eigenvalue weighted by atomic mass is 79.9. The van der Waals surface area contributed by atoms with Gasteiger partial charge in [0.25, 0.3) is 0 Å². The Kier molecular flexibility index (Phi) is 7.10. The fraction of sp³-hybridized carbons (Fsp3) is 0.0455. The van der Waals surface area contributed by atoms with Crippen molar-refractivity contribution in [3.63, 3.8) is 0 Å². The molecule has 0 aliphatic rings. The zero-order chi connectivity index (χ0) is 20.6. The quantitative estimate of drug-likeness (QED) is 0.175. The van der Waals surface area contributed by atoms with Gasteiger partial charge in [0.05, 0.1) is 11.8 Å². The maximum absolute atomic E-state index is 12.2. The fourth-order valence-corrected chi connectivity index (χ4v) is 3.08. The number of anilines is 1. The van der Waals surface area contributed by atoms with Crippen LogP contribution in [0.5, 0.6) is 5.75 Å². The van der Waals surface area contributed by atoms with E-state index in [4.69, 9.17) is 17.0 Å². The van der Waals surface area contributed by atoms with Crippen LogP contribution in [0, 0.1) is 6.92 Å². The molecule has 0 spiro atoms. The van der Waals surface area contributed by atoms with E-state index in [2.05, 4.69) is 31.8 Å². The van der Waals surface area contributed by atoms with E-state index >= 15 is 0 Å². The number of hydrazone groups is 1. The largest absolute Gasteiger partial charge is 0.423 e. The van der Waals surface area contributed by atoms with Crippen molar-refractivity contribution in [3.8, 4) is 5.75 Å². The number of esters is 1. The molecule has 3 aromatic carbocycles. The van der Waals surface area contributed by atoms with Crippen molar-refractivity contribution in [2.75, 3.05) is 5.32 Å². The third-order valence-electron chi connectivity index (χ3n) is 3.84. The van der Waals surface area contributed by atoms with Crippen LogP contribution < -0.4 is 15.5 Å². The normalized spacial score (nSPS) is 10.6. The molecule has 29 heavy (non-hydrogen) atoms. The van der Waals surface area contributed by atoms with Gasteiger partial charge in [0.15, 0.2) is 5.11 Å². The lowest BCUT2D eigenvalue weighted by Gasteiger charge is -2.07. The van der Waals surface area contributed by atoms with Crippen LogP contribution in [0.1, 0.15) is 21.5 Å². The molecule has 0 fully saturated rings. The summed E-state index contributed by atoms with van der Waals surface area (Å²) in [6.45, 7) is 2.01. The number of aryl methyl sites for hydroxylation is 1. The summed E-state index contributed by atoms with van der Waals surface area (Å²) in [6.07, 6.45) is 1.63. The van der Waals surface area contributed by atoms with E-state index in [1.54, 1.807) is 48.7 Å². The Morgan fingerprint density at radius 1 is 1.07 bits per heavy atom. The minimum Gasteiger partial charge on any atom is -0.423 e. The minimum absolute atomic E-state index is 0.394. The number of hydrogen-bond donors (Lipinski definition) is 2. The third-order valence-corrected chi connectivity index (χ3v) is 4.72. The minimum atomic E-state index is -0.423. The first-order valence-electron chi connectivity index (χ1n) is 8.75. The molecule has 0 unspecified atom stereocenters. The molecule has 0 bridgehead atoms. The molecule has 0 atom stereocenters. The van der Waals surface area contributed by atoms with Crippen LogP contribution in [0.2, 0.25) is 0 Å². The van der Waals surface area contributed by atoms with E-state index in [9.17, 15) is 4.79 Å². The predicted octanol–water partition coefficient (Wildman–Crippen LogP) is 5.30. The Balaban J connectivity index is 1.53. The molecule has 0 aliphatic carbocycles. The SMILES string of the molecule is Cc1cccc(NC(=S)N/N=C/c2ccc(OC(=O)c3ccccc3Br)cc2)c1. The molecule has 3 rings (SSSR count). The Morgan fingerprint density at radius 2 is 1.83 bits per heavy atom. The summed E-state index contributed by atoms with van der Waals surface area (Å²) in [5, 5.41) is 7.58. The van der Waals surface area contributed by atoms with Crippen LogP contribution in [-0.2, 0) is 0 Å². The van der Waals surface area contributed by atoms with Gasteiger partial charge in [0, 0.05) is 10.2 Å². The second-order valence-corrected chi connectivity index (χ2v) is 7.39. The molecule has 0 saturated carbocycles. The van der Waals surface area contributed by atoms with E-state index in [1.807, 2.05) is 37.3 Å². The molecule has 3 aromatic rings. The summed E-state index contributed by atoms with van der Waals surface area (Å²) in [5.41, 5.74) is 6.11. The lowest BCUT2D eigenvalue weighted by molar-refractivity contribution is 0.0734. The maximum Gasteiger partial charge on any atom is 0.344 e. The summed E-state index contributed by atoms with van der Waals surface area (Å²) < 4.78 is 6.09. The van der Waals surface area contributed by atoms with Crippen LogP contribution in [0.15, 0.2) is 82.4 Å². The van der Waals surface area contributed by atoms with Crippen LogP contribution in [0.3, 0.4) is 0 Å². The van der Waals surface area contributed by atoms with Gasteiger partial charge in [-0.15, -0.1) is 0 Å². The molecule has 0 radical (unpaired) electrons. The number of halogens is 1. The van der Waals surface area contributed by atoms with Crippen LogP contribution >= 0.6 is 28.1 Å². The monoisotopic (exact) mass is 467 g/mol. The fourth-order valence-electron chi connectivity index (χ4n) is 2.46. The molecule has 0 aromatic heterocycles. The second kappa shape index (κ2) is 9.95. The number of nitrogens with zero attached hydrogens (tertiary/aromatic N) is 1.